The van der Waals surface area contributed by atoms with E-state index in [-0.39, 0.29) is 0 Å². The number of piperidine rings is 1. The summed E-state index contributed by atoms with van der Waals surface area (Å²) in [6.45, 7) is 4.54. The van der Waals surface area contributed by atoms with Crippen molar-refractivity contribution in [2.24, 2.45) is 11.7 Å². The fourth-order valence-corrected chi connectivity index (χ4v) is 2.87. The van der Waals surface area contributed by atoms with Crippen LogP contribution < -0.4 is 5.73 Å². The minimum atomic E-state index is 0.777. The van der Waals surface area contributed by atoms with Gasteiger partial charge in [-0.1, -0.05) is 6.92 Å². The third-order valence-corrected chi connectivity index (χ3v) is 3.70. The Morgan fingerprint density at radius 2 is 2.08 bits per heavy atom. The zero-order chi connectivity index (χ0) is 9.26. The van der Waals surface area contributed by atoms with Crippen LogP contribution in [0.1, 0.15) is 39.0 Å². The van der Waals surface area contributed by atoms with E-state index in [4.69, 9.17) is 5.73 Å². The summed E-state index contributed by atoms with van der Waals surface area (Å²) in [6, 6.07) is 1.73. The quantitative estimate of drug-likeness (QED) is 0.718. The highest BCUT2D eigenvalue weighted by molar-refractivity contribution is 4.93. The van der Waals surface area contributed by atoms with E-state index in [9.17, 15) is 0 Å². The van der Waals surface area contributed by atoms with Gasteiger partial charge in [0.25, 0.3) is 0 Å². The molecule has 2 atom stereocenters. The van der Waals surface area contributed by atoms with E-state index in [2.05, 4.69) is 11.8 Å². The van der Waals surface area contributed by atoms with Gasteiger partial charge in [-0.2, -0.15) is 0 Å². The van der Waals surface area contributed by atoms with Crippen LogP contribution in [0.15, 0.2) is 0 Å². The van der Waals surface area contributed by atoms with Gasteiger partial charge < -0.3 is 5.73 Å². The van der Waals surface area contributed by atoms with Gasteiger partial charge in [0, 0.05) is 12.1 Å². The molecule has 0 aromatic rings. The lowest BCUT2D eigenvalue weighted by Crippen LogP contribution is -2.48. The van der Waals surface area contributed by atoms with E-state index >= 15 is 0 Å². The van der Waals surface area contributed by atoms with Gasteiger partial charge in [0.05, 0.1) is 0 Å². The molecular weight excluding hydrogens is 160 g/mol. The fraction of sp³-hybridized carbons (Fsp3) is 1.00. The SMILES string of the molecule is CCC1C(CN)CCCN1C1CC1. The van der Waals surface area contributed by atoms with E-state index in [1.54, 1.807) is 0 Å². The molecule has 2 fully saturated rings. The smallest absolute Gasteiger partial charge is 0.0136 e. The Kier molecular flexibility index (Phi) is 2.89. The molecule has 0 aromatic carbocycles. The Balaban J connectivity index is 1.99. The Morgan fingerprint density at radius 3 is 2.62 bits per heavy atom. The van der Waals surface area contributed by atoms with Crippen molar-refractivity contribution in [1.29, 1.82) is 0 Å². The normalized spacial score (nSPS) is 36.5. The van der Waals surface area contributed by atoms with Crippen molar-refractivity contribution in [3.63, 3.8) is 0 Å². The molecule has 1 saturated carbocycles. The van der Waals surface area contributed by atoms with Gasteiger partial charge in [-0.05, 0) is 51.1 Å². The van der Waals surface area contributed by atoms with Gasteiger partial charge in [0.15, 0.2) is 0 Å². The van der Waals surface area contributed by atoms with E-state index in [1.807, 2.05) is 0 Å². The summed E-state index contributed by atoms with van der Waals surface area (Å²) in [6.07, 6.45) is 6.90. The predicted octanol–water partition coefficient (Wildman–Crippen LogP) is 1.60. The van der Waals surface area contributed by atoms with Crippen molar-refractivity contribution in [1.82, 2.24) is 4.90 Å². The van der Waals surface area contributed by atoms with Crippen LogP contribution in [0.5, 0.6) is 0 Å². The number of hydrogen-bond acceptors (Lipinski definition) is 2. The van der Waals surface area contributed by atoms with Gasteiger partial charge in [0.2, 0.25) is 0 Å². The highest BCUT2D eigenvalue weighted by Crippen LogP contribution is 2.35. The fourth-order valence-electron chi connectivity index (χ4n) is 2.87. The van der Waals surface area contributed by atoms with Crippen molar-refractivity contribution in [3.05, 3.63) is 0 Å². The molecule has 2 N–H and O–H groups in total. The maximum Gasteiger partial charge on any atom is 0.0136 e. The van der Waals surface area contributed by atoms with Crippen LogP contribution >= 0.6 is 0 Å². The standard InChI is InChI=1S/C11H22N2/c1-2-11-9(8-12)4-3-7-13(11)10-5-6-10/h9-11H,2-8,12H2,1H3. The predicted molar refractivity (Wildman–Crippen MR) is 55.6 cm³/mol. The molecule has 1 aliphatic heterocycles. The summed E-state index contributed by atoms with van der Waals surface area (Å²) < 4.78 is 0. The molecule has 13 heavy (non-hydrogen) atoms. The summed E-state index contributed by atoms with van der Waals surface area (Å²) in [5, 5.41) is 0. The number of likely N-dealkylation sites (tertiary alicyclic amines) is 1. The van der Waals surface area contributed by atoms with E-state index in [0.29, 0.717) is 0 Å². The first-order valence-corrected chi connectivity index (χ1v) is 5.82. The van der Waals surface area contributed by atoms with E-state index in [0.717, 1.165) is 24.5 Å². The average Bonchev–Trinajstić information content (AvgIpc) is 2.99. The van der Waals surface area contributed by atoms with Gasteiger partial charge in [-0.3, -0.25) is 4.90 Å². The third kappa shape index (κ3) is 1.89. The molecule has 0 amide bonds. The minimum Gasteiger partial charge on any atom is -0.330 e. The molecule has 2 heteroatoms. The first kappa shape index (κ1) is 9.47. The zero-order valence-corrected chi connectivity index (χ0v) is 8.71. The molecule has 2 rings (SSSR count). The molecule has 2 aliphatic rings. The van der Waals surface area contributed by atoms with Crippen LogP contribution in [0, 0.1) is 5.92 Å². The molecule has 76 valence electrons. The van der Waals surface area contributed by atoms with Crippen molar-refractivity contribution in [2.75, 3.05) is 13.1 Å². The highest BCUT2D eigenvalue weighted by atomic mass is 15.2. The third-order valence-electron chi connectivity index (χ3n) is 3.70. The Hall–Kier alpha value is -0.0800. The van der Waals surface area contributed by atoms with Crippen molar-refractivity contribution in [2.45, 2.75) is 51.1 Å². The minimum absolute atomic E-state index is 0.777. The summed E-state index contributed by atoms with van der Waals surface area (Å²) >= 11 is 0. The summed E-state index contributed by atoms with van der Waals surface area (Å²) in [4.78, 5) is 2.74. The zero-order valence-electron chi connectivity index (χ0n) is 8.71. The largest absolute Gasteiger partial charge is 0.330 e. The average molecular weight is 182 g/mol. The number of hydrogen-bond donors (Lipinski definition) is 1. The second-order valence-corrected chi connectivity index (χ2v) is 4.58. The highest BCUT2D eigenvalue weighted by Gasteiger charge is 2.38. The van der Waals surface area contributed by atoms with Crippen LogP contribution in [-0.4, -0.2) is 30.1 Å². The van der Waals surface area contributed by atoms with Crippen molar-refractivity contribution >= 4 is 0 Å². The maximum atomic E-state index is 5.83. The summed E-state index contributed by atoms with van der Waals surface area (Å²) in [5.74, 6) is 0.777. The Labute approximate surface area is 81.5 Å². The number of nitrogens with zero attached hydrogens (tertiary/aromatic N) is 1. The van der Waals surface area contributed by atoms with Crippen molar-refractivity contribution in [3.8, 4) is 0 Å². The first-order chi connectivity index (χ1) is 6.36. The van der Waals surface area contributed by atoms with E-state index in [1.165, 1.54) is 38.6 Å². The topological polar surface area (TPSA) is 29.3 Å². The van der Waals surface area contributed by atoms with Crippen LogP contribution in [0.25, 0.3) is 0 Å². The first-order valence-electron chi connectivity index (χ1n) is 5.82. The van der Waals surface area contributed by atoms with Crippen LogP contribution in [0.2, 0.25) is 0 Å². The van der Waals surface area contributed by atoms with Gasteiger partial charge in [0.1, 0.15) is 0 Å². The number of rotatable bonds is 3. The van der Waals surface area contributed by atoms with Crippen LogP contribution in [-0.2, 0) is 0 Å². The van der Waals surface area contributed by atoms with E-state index < -0.39 is 0 Å². The number of nitrogens with two attached hydrogens (primary N) is 1. The lowest BCUT2D eigenvalue weighted by molar-refractivity contribution is 0.0852. The molecular formula is C11H22N2. The second kappa shape index (κ2) is 3.97. The molecule has 0 radical (unpaired) electrons. The Morgan fingerprint density at radius 1 is 1.31 bits per heavy atom. The molecule has 1 saturated heterocycles. The lowest BCUT2D eigenvalue weighted by atomic mass is 9.87. The summed E-state index contributed by atoms with van der Waals surface area (Å²) in [7, 11) is 0. The Bertz CT molecular complexity index is 165. The molecule has 0 bridgehead atoms. The van der Waals surface area contributed by atoms with Crippen molar-refractivity contribution < 1.29 is 0 Å². The molecule has 2 nitrogen and oxygen atoms in total. The summed E-state index contributed by atoms with van der Waals surface area (Å²) in [5.41, 5.74) is 5.83. The molecule has 1 heterocycles. The van der Waals surface area contributed by atoms with Crippen LogP contribution in [0.4, 0.5) is 0 Å². The van der Waals surface area contributed by atoms with Crippen LogP contribution in [0.3, 0.4) is 0 Å². The molecule has 1 aliphatic carbocycles. The molecule has 0 aromatic heterocycles. The lowest BCUT2D eigenvalue weighted by Gasteiger charge is -2.41. The van der Waals surface area contributed by atoms with Gasteiger partial charge in [-0.15, -0.1) is 0 Å². The van der Waals surface area contributed by atoms with Gasteiger partial charge >= 0.3 is 0 Å². The monoisotopic (exact) mass is 182 g/mol. The van der Waals surface area contributed by atoms with Gasteiger partial charge in [-0.25, -0.2) is 0 Å². The molecule has 2 unspecified atom stereocenters. The molecule has 0 spiro atoms. The maximum absolute atomic E-state index is 5.83. The second-order valence-electron chi connectivity index (χ2n) is 4.58.